The molecule has 0 heterocycles. The lowest BCUT2D eigenvalue weighted by Crippen LogP contribution is -2.22. The Hall–Kier alpha value is -1.20. The summed E-state index contributed by atoms with van der Waals surface area (Å²) in [5, 5.41) is 18.9. The lowest BCUT2D eigenvalue weighted by molar-refractivity contribution is -0.00663. The molecular formula is C16H26O6. The highest BCUT2D eigenvalue weighted by Gasteiger charge is 2.03. The van der Waals surface area contributed by atoms with Crippen molar-refractivity contribution >= 4 is 0 Å². The van der Waals surface area contributed by atoms with Crippen molar-refractivity contribution < 1.29 is 29.2 Å². The molecule has 2 atom stereocenters. The van der Waals surface area contributed by atoms with E-state index < -0.39 is 12.2 Å². The number of aliphatic hydroxyl groups is 2. The molecule has 0 aliphatic rings. The first kappa shape index (κ1) is 20.8. The van der Waals surface area contributed by atoms with Gasteiger partial charge in [-0.05, 0) is 0 Å². The molecule has 0 saturated carbocycles. The van der Waals surface area contributed by atoms with Crippen LogP contribution in [0.2, 0.25) is 0 Å². The van der Waals surface area contributed by atoms with Crippen molar-refractivity contribution in [3.05, 3.63) is 25.3 Å². The van der Waals surface area contributed by atoms with Gasteiger partial charge in [0.05, 0.1) is 39.6 Å². The van der Waals surface area contributed by atoms with Gasteiger partial charge in [0.1, 0.15) is 25.4 Å². The molecule has 126 valence electrons. The van der Waals surface area contributed by atoms with Crippen molar-refractivity contribution in [3.63, 3.8) is 0 Å². The minimum absolute atomic E-state index is 0.159. The van der Waals surface area contributed by atoms with Gasteiger partial charge in [-0.3, -0.25) is 0 Å². The molecule has 0 fully saturated rings. The molecule has 6 heteroatoms. The van der Waals surface area contributed by atoms with E-state index in [4.69, 9.17) is 18.9 Å². The first-order valence-corrected chi connectivity index (χ1v) is 7.05. The average molecular weight is 314 g/mol. The Morgan fingerprint density at radius 2 is 1.09 bits per heavy atom. The summed E-state index contributed by atoms with van der Waals surface area (Å²) in [4.78, 5) is 0. The van der Waals surface area contributed by atoms with Crippen LogP contribution in [-0.4, -0.2) is 75.3 Å². The first-order chi connectivity index (χ1) is 10.7. The van der Waals surface area contributed by atoms with Gasteiger partial charge in [-0.1, -0.05) is 24.0 Å². The first-order valence-electron chi connectivity index (χ1n) is 7.05. The molecule has 0 aliphatic heterocycles. The predicted molar refractivity (Wildman–Crippen MR) is 83.5 cm³/mol. The van der Waals surface area contributed by atoms with Crippen LogP contribution >= 0.6 is 0 Å². The van der Waals surface area contributed by atoms with E-state index in [9.17, 15) is 10.2 Å². The zero-order valence-electron chi connectivity index (χ0n) is 12.9. The summed E-state index contributed by atoms with van der Waals surface area (Å²) in [5.74, 6) is 5.49. The minimum atomic E-state index is -0.677. The summed E-state index contributed by atoms with van der Waals surface area (Å²) in [6, 6.07) is 0. The van der Waals surface area contributed by atoms with Crippen LogP contribution in [-0.2, 0) is 18.9 Å². The monoisotopic (exact) mass is 314 g/mol. The van der Waals surface area contributed by atoms with Crippen LogP contribution in [0.1, 0.15) is 0 Å². The van der Waals surface area contributed by atoms with Crippen molar-refractivity contribution in [2.24, 2.45) is 0 Å². The molecule has 0 aromatic heterocycles. The van der Waals surface area contributed by atoms with Crippen molar-refractivity contribution in [1.29, 1.82) is 0 Å². The number of ether oxygens (including phenoxy) is 4. The Balaban J connectivity index is 3.41. The molecule has 0 radical (unpaired) electrons. The Morgan fingerprint density at radius 3 is 1.45 bits per heavy atom. The number of rotatable bonds is 14. The summed E-state index contributed by atoms with van der Waals surface area (Å²) in [6.07, 6.45) is 1.87. The highest BCUT2D eigenvalue weighted by Crippen LogP contribution is 1.89. The molecule has 0 saturated heterocycles. The van der Waals surface area contributed by atoms with E-state index >= 15 is 0 Å². The largest absolute Gasteiger partial charge is 0.388 e. The molecule has 2 N–H and O–H groups in total. The molecular weight excluding hydrogens is 288 g/mol. The molecule has 2 unspecified atom stereocenters. The molecule has 22 heavy (non-hydrogen) atoms. The van der Waals surface area contributed by atoms with Gasteiger partial charge in [-0.2, -0.15) is 0 Å². The van der Waals surface area contributed by atoms with E-state index in [1.165, 1.54) is 0 Å². The van der Waals surface area contributed by atoms with Crippen LogP contribution in [0.25, 0.3) is 0 Å². The van der Waals surface area contributed by atoms with Gasteiger partial charge in [-0.15, -0.1) is 13.2 Å². The SMILES string of the molecule is C=CCOCC(O)COCC#CCOCC(O)COCC=C. The van der Waals surface area contributed by atoms with Gasteiger partial charge in [0.15, 0.2) is 0 Å². The normalized spacial score (nSPS) is 13.0. The molecule has 0 aromatic rings. The minimum Gasteiger partial charge on any atom is -0.388 e. The smallest absolute Gasteiger partial charge is 0.107 e. The zero-order valence-corrected chi connectivity index (χ0v) is 12.9. The van der Waals surface area contributed by atoms with E-state index in [2.05, 4.69) is 25.0 Å². The van der Waals surface area contributed by atoms with E-state index in [0.29, 0.717) is 13.2 Å². The third-order valence-electron chi connectivity index (χ3n) is 2.19. The summed E-state index contributed by atoms with van der Waals surface area (Å²) in [5.41, 5.74) is 0. The van der Waals surface area contributed by atoms with E-state index in [0.717, 1.165) is 0 Å². The van der Waals surface area contributed by atoms with E-state index in [-0.39, 0.29) is 39.6 Å². The molecule has 6 nitrogen and oxygen atoms in total. The van der Waals surface area contributed by atoms with Gasteiger partial charge in [0, 0.05) is 0 Å². The highest BCUT2D eigenvalue weighted by molar-refractivity contribution is 4.99. The maximum Gasteiger partial charge on any atom is 0.107 e. The van der Waals surface area contributed by atoms with Crippen LogP contribution < -0.4 is 0 Å². The van der Waals surface area contributed by atoms with E-state index in [1.807, 2.05) is 0 Å². The fourth-order valence-electron chi connectivity index (χ4n) is 1.27. The van der Waals surface area contributed by atoms with Crippen molar-refractivity contribution in [1.82, 2.24) is 0 Å². The molecule has 0 aliphatic carbocycles. The van der Waals surface area contributed by atoms with E-state index in [1.54, 1.807) is 12.2 Å². The van der Waals surface area contributed by atoms with Gasteiger partial charge < -0.3 is 29.2 Å². The lowest BCUT2D eigenvalue weighted by atomic mass is 10.4. The average Bonchev–Trinajstić information content (AvgIpc) is 2.50. The standard InChI is InChI=1S/C16H26O6/c1-3-7-19-11-15(17)13-21-9-5-6-10-22-14-16(18)12-20-8-4-2/h3-4,15-18H,1-2,7-14H2. The molecule has 0 aromatic carbocycles. The van der Waals surface area contributed by atoms with Crippen molar-refractivity contribution in [2.75, 3.05) is 52.9 Å². The van der Waals surface area contributed by atoms with Crippen LogP contribution in [0.3, 0.4) is 0 Å². The topological polar surface area (TPSA) is 77.4 Å². The second-order valence-corrected chi connectivity index (χ2v) is 4.34. The highest BCUT2D eigenvalue weighted by atomic mass is 16.5. The predicted octanol–water partition coefficient (Wildman–Crippen LogP) is 0.150. The summed E-state index contributed by atoms with van der Waals surface area (Å²) < 4.78 is 20.4. The lowest BCUT2D eigenvalue weighted by Gasteiger charge is -2.09. The second kappa shape index (κ2) is 16.2. The summed E-state index contributed by atoms with van der Waals surface area (Å²) >= 11 is 0. The Kier molecular flexibility index (Phi) is 15.3. The third kappa shape index (κ3) is 15.2. The van der Waals surface area contributed by atoms with Gasteiger partial charge in [-0.25, -0.2) is 0 Å². The van der Waals surface area contributed by atoms with Crippen molar-refractivity contribution in [2.45, 2.75) is 12.2 Å². The van der Waals surface area contributed by atoms with Crippen LogP contribution in [0, 0.1) is 11.8 Å². The van der Waals surface area contributed by atoms with Gasteiger partial charge in [0.25, 0.3) is 0 Å². The second-order valence-electron chi connectivity index (χ2n) is 4.34. The van der Waals surface area contributed by atoms with Crippen molar-refractivity contribution in [3.8, 4) is 11.8 Å². The zero-order chi connectivity index (χ0) is 16.5. The molecule has 0 bridgehead atoms. The quantitative estimate of drug-likeness (QED) is 0.270. The number of hydrogen-bond donors (Lipinski definition) is 2. The Morgan fingerprint density at radius 1 is 0.727 bits per heavy atom. The van der Waals surface area contributed by atoms with Crippen LogP contribution in [0.15, 0.2) is 25.3 Å². The maximum absolute atomic E-state index is 9.46. The maximum atomic E-state index is 9.46. The summed E-state index contributed by atoms with van der Waals surface area (Å²) in [6.45, 7) is 8.94. The van der Waals surface area contributed by atoms with Gasteiger partial charge >= 0.3 is 0 Å². The van der Waals surface area contributed by atoms with Gasteiger partial charge in [0.2, 0.25) is 0 Å². The Bertz CT molecular complexity index is 303. The summed E-state index contributed by atoms with van der Waals surface area (Å²) in [7, 11) is 0. The van der Waals surface area contributed by atoms with Crippen LogP contribution in [0.4, 0.5) is 0 Å². The number of hydrogen-bond acceptors (Lipinski definition) is 6. The Labute approximate surface area is 132 Å². The molecule has 0 amide bonds. The number of aliphatic hydroxyl groups excluding tert-OH is 2. The molecule has 0 spiro atoms. The molecule has 0 rings (SSSR count). The third-order valence-corrected chi connectivity index (χ3v) is 2.19. The fraction of sp³-hybridized carbons (Fsp3) is 0.625. The van der Waals surface area contributed by atoms with Crippen LogP contribution in [0.5, 0.6) is 0 Å². The fourth-order valence-corrected chi connectivity index (χ4v) is 1.27.